The number of piperidine rings is 1. The van der Waals surface area contributed by atoms with E-state index in [-0.39, 0.29) is 0 Å². The zero-order valence-electron chi connectivity index (χ0n) is 12.9. The maximum absolute atomic E-state index is 5.93. The Labute approximate surface area is 134 Å². The van der Waals surface area contributed by atoms with Crippen molar-refractivity contribution in [2.45, 2.75) is 25.3 Å². The van der Waals surface area contributed by atoms with E-state index in [1.165, 1.54) is 12.8 Å². The van der Waals surface area contributed by atoms with Gasteiger partial charge in [0.15, 0.2) is 5.76 Å². The minimum Gasteiger partial charge on any atom is -0.458 e. The van der Waals surface area contributed by atoms with Gasteiger partial charge in [0.2, 0.25) is 0 Å². The molecular formula is C17H19N5O. The standard InChI is InChI=1S/C17H19N5O/c1-2-13(15-5-7-18-12-19-15)10-22(9-1)11-14-3-4-17(23-14)16-6-8-20-21-16/h3-8,12-13H,1-2,9-11H2,(H,20,21)/t13-/m1/s1. The molecule has 23 heavy (non-hydrogen) atoms. The van der Waals surface area contributed by atoms with Crippen LogP contribution < -0.4 is 0 Å². The van der Waals surface area contributed by atoms with Gasteiger partial charge in [0, 0.05) is 30.6 Å². The summed E-state index contributed by atoms with van der Waals surface area (Å²) >= 11 is 0. The van der Waals surface area contributed by atoms with Gasteiger partial charge >= 0.3 is 0 Å². The van der Waals surface area contributed by atoms with Crippen LogP contribution in [0.4, 0.5) is 0 Å². The smallest absolute Gasteiger partial charge is 0.152 e. The van der Waals surface area contributed by atoms with Crippen LogP contribution in [0.15, 0.2) is 47.4 Å². The molecule has 0 unspecified atom stereocenters. The first-order valence-electron chi connectivity index (χ1n) is 7.95. The third-order valence-electron chi connectivity index (χ3n) is 4.34. The van der Waals surface area contributed by atoms with Crippen molar-refractivity contribution in [2.24, 2.45) is 0 Å². The summed E-state index contributed by atoms with van der Waals surface area (Å²) in [5.41, 5.74) is 2.05. The third-order valence-corrected chi connectivity index (χ3v) is 4.34. The number of H-pyrrole nitrogens is 1. The van der Waals surface area contributed by atoms with E-state index < -0.39 is 0 Å². The molecule has 4 heterocycles. The first-order valence-corrected chi connectivity index (χ1v) is 7.95. The lowest BCUT2D eigenvalue weighted by Crippen LogP contribution is -2.34. The number of hydrogen-bond acceptors (Lipinski definition) is 5. The quantitative estimate of drug-likeness (QED) is 0.802. The van der Waals surface area contributed by atoms with Crippen LogP contribution in [0.1, 0.15) is 30.2 Å². The molecule has 1 N–H and O–H groups in total. The van der Waals surface area contributed by atoms with Crippen molar-refractivity contribution in [1.29, 1.82) is 0 Å². The zero-order valence-corrected chi connectivity index (χ0v) is 12.9. The molecule has 1 saturated heterocycles. The second-order valence-electron chi connectivity index (χ2n) is 5.94. The number of aromatic amines is 1. The van der Waals surface area contributed by atoms with Crippen LogP contribution in [0.3, 0.4) is 0 Å². The Bertz CT molecular complexity index is 737. The van der Waals surface area contributed by atoms with E-state index in [0.29, 0.717) is 5.92 Å². The van der Waals surface area contributed by atoms with Crippen LogP contribution in [0, 0.1) is 0 Å². The molecule has 0 bridgehead atoms. The highest BCUT2D eigenvalue weighted by Crippen LogP contribution is 2.27. The maximum atomic E-state index is 5.93. The molecule has 6 heteroatoms. The van der Waals surface area contributed by atoms with Crippen molar-refractivity contribution in [3.8, 4) is 11.5 Å². The topological polar surface area (TPSA) is 70.8 Å². The first kappa shape index (κ1) is 14.1. The Hall–Kier alpha value is -2.47. The van der Waals surface area contributed by atoms with Gasteiger partial charge in [0.05, 0.1) is 6.54 Å². The summed E-state index contributed by atoms with van der Waals surface area (Å²) in [4.78, 5) is 10.9. The van der Waals surface area contributed by atoms with Crippen molar-refractivity contribution in [1.82, 2.24) is 25.1 Å². The van der Waals surface area contributed by atoms with E-state index in [1.54, 1.807) is 12.5 Å². The summed E-state index contributed by atoms with van der Waals surface area (Å²) in [5.74, 6) is 2.30. The fourth-order valence-corrected chi connectivity index (χ4v) is 3.20. The number of furan rings is 1. The Morgan fingerprint density at radius 1 is 1.22 bits per heavy atom. The number of likely N-dealkylation sites (tertiary alicyclic amines) is 1. The number of nitrogens with zero attached hydrogens (tertiary/aromatic N) is 4. The highest BCUT2D eigenvalue weighted by Gasteiger charge is 2.23. The fraction of sp³-hybridized carbons (Fsp3) is 0.353. The Morgan fingerprint density at radius 3 is 3.04 bits per heavy atom. The van der Waals surface area contributed by atoms with Gasteiger partial charge in [-0.2, -0.15) is 5.10 Å². The lowest BCUT2D eigenvalue weighted by molar-refractivity contribution is 0.185. The number of nitrogens with one attached hydrogen (secondary N) is 1. The molecule has 3 aromatic rings. The second-order valence-corrected chi connectivity index (χ2v) is 5.94. The van der Waals surface area contributed by atoms with Gasteiger partial charge in [0.1, 0.15) is 17.8 Å². The van der Waals surface area contributed by atoms with E-state index in [4.69, 9.17) is 4.42 Å². The molecule has 0 saturated carbocycles. The Kier molecular flexibility index (Phi) is 3.90. The van der Waals surface area contributed by atoms with Crippen molar-refractivity contribution in [3.63, 3.8) is 0 Å². The molecule has 6 nitrogen and oxygen atoms in total. The van der Waals surface area contributed by atoms with Gasteiger partial charge in [-0.05, 0) is 43.7 Å². The summed E-state index contributed by atoms with van der Waals surface area (Å²) in [6, 6.07) is 7.98. The van der Waals surface area contributed by atoms with Crippen molar-refractivity contribution < 1.29 is 4.42 Å². The molecule has 0 aromatic carbocycles. The van der Waals surface area contributed by atoms with Crippen molar-refractivity contribution >= 4 is 0 Å². The molecule has 3 aromatic heterocycles. The monoisotopic (exact) mass is 309 g/mol. The van der Waals surface area contributed by atoms with Gasteiger partial charge in [-0.3, -0.25) is 10.00 Å². The summed E-state index contributed by atoms with van der Waals surface area (Å²) in [5, 5.41) is 6.89. The van der Waals surface area contributed by atoms with Crippen molar-refractivity contribution in [3.05, 3.63) is 54.4 Å². The van der Waals surface area contributed by atoms with Gasteiger partial charge in [-0.1, -0.05) is 0 Å². The van der Waals surface area contributed by atoms with Gasteiger partial charge in [-0.15, -0.1) is 0 Å². The Balaban J connectivity index is 1.43. The molecule has 1 atom stereocenters. The average Bonchev–Trinajstić information content (AvgIpc) is 3.27. The first-order chi connectivity index (χ1) is 11.4. The minimum absolute atomic E-state index is 0.480. The third kappa shape index (κ3) is 3.17. The summed E-state index contributed by atoms with van der Waals surface area (Å²) in [7, 11) is 0. The van der Waals surface area contributed by atoms with E-state index in [2.05, 4.69) is 25.1 Å². The second kappa shape index (κ2) is 6.34. The molecule has 1 aliphatic heterocycles. The van der Waals surface area contributed by atoms with Crippen LogP contribution in [0.5, 0.6) is 0 Å². The molecule has 1 fully saturated rings. The van der Waals surface area contributed by atoms with Crippen LogP contribution in [0.25, 0.3) is 11.5 Å². The summed E-state index contributed by atoms with van der Waals surface area (Å²) < 4.78 is 5.93. The maximum Gasteiger partial charge on any atom is 0.152 e. The van der Waals surface area contributed by atoms with Gasteiger partial charge < -0.3 is 4.42 Å². The average molecular weight is 309 g/mol. The molecule has 4 rings (SSSR count). The largest absolute Gasteiger partial charge is 0.458 e. The zero-order chi connectivity index (χ0) is 15.5. The number of hydrogen-bond donors (Lipinski definition) is 1. The van der Waals surface area contributed by atoms with E-state index >= 15 is 0 Å². The molecule has 0 amide bonds. The van der Waals surface area contributed by atoms with E-state index in [9.17, 15) is 0 Å². The van der Waals surface area contributed by atoms with Gasteiger partial charge in [-0.25, -0.2) is 9.97 Å². The number of rotatable bonds is 4. The molecule has 0 spiro atoms. The SMILES string of the molecule is c1cc([C@@H]2CCCN(Cc3ccc(-c4ccn[nH]4)o3)C2)ncn1. The molecule has 0 radical (unpaired) electrons. The Morgan fingerprint density at radius 2 is 2.22 bits per heavy atom. The molecule has 0 aliphatic carbocycles. The summed E-state index contributed by atoms with van der Waals surface area (Å²) in [6.07, 6.45) is 7.56. The number of aromatic nitrogens is 4. The minimum atomic E-state index is 0.480. The van der Waals surface area contributed by atoms with Gasteiger partial charge in [0.25, 0.3) is 0 Å². The summed E-state index contributed by atoms with van der Waals surface area (Å²) in [6.45, 7) is 2.94. The molecule has 118 valence electrons. The highest BCUT2D eigenvalue weighted by molar-refractivity contribution is 5.51. The van der Waals surface area contributed by atoms with E-state index in [0.717, 1.165) is 42.5 Å². The predicted molar refractivity (Wildman–Crippen MR) is 85.6 cm³/mol. The van der Waals surface area contributed by atoms with Crippen LogP contribution in [-0.2, 0) is 6.54 Å². The molecular weight excluding hydrogens is 290 g/mol. The lowest BCUT2D eigenvalue weighted by Gasteiger charge is -2.31. The van der Waals surface area contributed by atoms with E-state index in [1.807, 2.05) is 30.5 Å². The van der Waals surface area contributed by atoms with Crippen LogP contribution in [-0.4, -0.2) is 38.2 Å². The molecule has 1 aliphatic rings. The predicted octanol–water partition coefficient (Wildman–Crippen LogP) is 2.84. The van der Waals surface area contributed by atoms with Crippen LogP contribution >= 0.6 is 0 Å². The van der Waals surface area contributed by atoms with Crippen LogP contribution in [0.2, 0.25) is 0 Å². The normalized spacial score (nSPS) is 19.0. The van der Waals surface area contributed by atoms with Crippen molar-refractivity contribution in [2.75, 3.05) is 13.1 Å². The fourth-order valence-electron chi connectivity index (χ4n) is 3.20. The lowest BCUT2D eigenvalue weighted by atomic mass is 9.94. The highest BCUT2D eigenvalue weighted by atomic mass is 16.3.